The molecule has 3 nitrogen and oxygen atoms in total. The first-order valence-corrected chi connectivity index (χ1v) is 9.16. The minimum absolute atomic E-state index is 0.216. The Morgan fingerprint density at radius 1 is 0.962 bits per heavy atom. The van der Waals surface area contributed by atoms with Crippen molar-refractivity contribution >= 4 is 33.5 Å². The van der Waals surface area contributed by atoms with Crippen molar-refractivity contribution in [2.24, 2.45) is 0 Å². The fourth-order valence-corrected chi connectivity index (χ4v) is 3.15. The van der Waals surface area contributed by atoms with E-state index in [1.807, 2.05) is 48.5 Å². The molecule has 0 radical (unpaired) electrons. The summed E-state index contributed by atoms with van der Waals surface area (Å²) in [7, 11) is 0. The van der Waals surface area contributed by atoms with E-state index in [1.165, 1.54) is 6.07 Å². The Morgan fingerprint density at radius 2 is 1.81 bits per heavy atom. The van der Waals surface area contributed by atoms with Gasteiger partial charge in [0.05, 0.1) is 5.52 Å². The molecular formula is C21H14FIN2O. The van der Waals surface area contributed by atoms with Crippen LogP contribution >= 0.6 is 22.6 Å². The van der Waals surface area contributed by atoms with Crippen LogP contribution in [-0.4, -0.2) is 9.97 Å². The van der Waals surface area contributed by atoms with E-state index in [4.69, 9.17) is 4.74 Å². The molecule has 1 aromatic heterocycles. The monoisotopic (exact) mass is 456 g/mol. The Kier molecular flexibility index (Phi) is 4.79. The van der Waals surface area contributed by atoms with Crippen LogP contribution in [0.15, 0.2) is 72.9 Å². The van der Waals surface area contributed by atoms with E-state index < -0.39 is 5.82 Å². The molecule has 0 N–H and O–H groups in total. The van der Waals surface area contributed by atoms with Gasteiger partial charge in [-0.1, -0.05) is 30.3 Å². The lowest BCUT2D eigenvalue weighted by Crippen LogP contribution is -1.98. The number of hydrogen-bond acceptors (Lipinski definition) is 3. The van der Waals surface area contributed by atoms with Crippen molar-refractivity contribution < 1.29 is 9.13 Å². The lowest BCUT2D eigenvalue weighted by Gasteiger charge is -2.09. The second-order valence-electron chi connectivity index (χ2n) is 5.82. The van der Waals surface area contributed by atoms with Crippen LogP contribution in [0.1, 0.15) is 5.56 Å². The van der Waals surface area contributed by atoms with Crippen LogP contribution in [0.4, 0.5) is 4.39 Å². The summed E-state index contributed by atoms with van der Waals surface area (Å²) in [4.78, 5) is 8.89. The van der Waals surface area contributed by atoms with Crippen molar-refractivity contribution in [2.75, 3.05) is 0 Å². The quantitative estimate of drug-likeness (QED) is 0.374. The molecule has 0 saturated heterocycles. The van der Waals surface area contributed by atoms with Crippen molar-refractivity contribution in [1.82, 2.24) is 9.97 Å². The number of nitrogens with zero attached hydrogens (tertiary/aromatic N) is 2. The third-order valence-corrected chi connectivity index (χ3v) is 4.64. The van der Waals surface area contributed by atoms with Crippen molar-refractivity contribution in [3.63, 3.8) is 0 Å². The third-order valence-electron chi connectivity index (χ3n) is 3.97. The van der Waals surface area contributed by atoms with E-state index in [9.17, 15) is 4.39 Å². The molecule has 0 amide bonds. The maximum Gasteiger partial charge on any atom is 0.165 e. The van der Waals surface area contributed by atoms with Gasteiger partial charge in [0.1, 0.15) is 6.61 Å². The average molecular weight is 456 g/mol. The van der Waals surface area contributed by atoms with Gasteiger partial charge < -0.3 is 4.74 Å². The van der Waals surface area contributed by atoms with Gasteiger partial charge in [-0.2, -0.15) is 0 Å². The van der Waals surface area contributed by atoms with Gasteiger partial charge in [-0.05, 0) is 64.6 Å². The van der Waals surface area contributed by atoms with Crippen molar-refractivity contribution in [1.29, 1.82) is 0 Å². The van der Waals surface area contributed by atoms with E-state index in [2.05, 4.69) is 32.6 Å². The topological polar surface area (TPSA) is 35.0 Å². The summed E-state index contributed by atoms with van der Waals surface area (Å²) < 4.78 is 21.1. The summed E-state index contributed by atoms with van der Waals surface area (Å²) in [5.41, 5.74) is 2.44. The molecule has 4 aromatic rings. The zero-order valence-corrected chi connectivity index (χ0v) is 15.9. The highest BCUT2D eigenvalue weighted by atomic mass is 127. The minimum Gasteiger partial charge on any atom is -0.486 e. The van der Waals surface area contributed by atoms with Crippen molar-refractivity contribution in [2.45, 2.75) is 6.61 Å². The molecule has 0 spiro atoms. The van der Waals surface area contributed by atoms with E-state index in [1.54, 1.807) is 18.3 Å². The highest BCUT2D eigenvalue weighted by Gasteiger charge is 2.09. The van der Waals surface area contributed by atoms with Crippen molar-refractivity contribution in [3.05, 3.63) is 87.9 Å². The number of halogens is 2. The summed E-state index contributed by atoms with van der Waals surface area (Å²) in [5, 5.41) is 0.962. The van der Waals surface area contributed by atoms with Gasteiger partial charge in [0.25, 0.3) is 0 Å². The number of fused-ring (bicyclic) bond motifs is 1. The van der Waals surface area contributed by atoms with E-state index in [0.29, 0.717) is 18.0 Å². The molecule has 0 aliphatic carbocycles. The van der Waals surface area contributed by atoms with Gasteiger partial charge in [-0.25, -0.2) is 14.4 Å². The molecule has 0 fully saturated rings. The lowest BCUT2D eigenvalue weighted by atomic mass is 10.1. The summed E-state index contributed by atoms with van der Waals surface area (Å²) in [6.45, 7) is 0.322. The zero-order valence-electron chi connectivity index (χ0n) is 13.7. The van der Waals surface area contributed by atoms with Crippen molar-refractivity contribution in [3.8, 4) is 17.1 Å². The molecule has 0 saturated carbocycles. The van der Waals surface area contributed by atoms with E-state index >= 15 is 0 Å². The number of rotatable bonds is 4. The molecule has 0 aliphatic rings. The van der Waals surface area contributed by atoms with Gasteiger partial charge in [0, 0.05) is 20.7 Å². The van der Waals surface area contributed by atoms with Crippen LogP contribution in [0.3, 0.4) is 0 Å². The second-order valence-corrected chi connectivity index (χ2v) is 7.06. The molecule has 0 bridgehead atoms. The fraction of sp³-hybridized carbons (Fsp3) is 0.0476. The predicted octanol–water partition coefficient (Wildman–Crippen LogP) is 5.62. The van der Waals surface area contributed by atoms with Crippen LogP contribution in [0, 0.1) is 9.39 Å². The number of ether oxygens (including phenoxy) is 1. The molecule has 0 aliphatic heterocycles. The molecule has 0 unspecified atom stereocenters. The number of hydrogen-bond donors (Lipinski definition) is 0. The molecular weight excluding hydrogens is 442 g/mol. The van der Waals surface area contributed by atoms with Gasteiger partial charge >= 0.3 is 0 Å². The molecule has 1 heterocycles. The van der Waals surface area contributed by atoms with Crippen LogP contribution in [0.25, 0.3) is 22.3 Å². The van der Waals surface area contributed by atoms with Crippen LogP contribution in [0.5, 0.6) is 5.75 Å². The molecule has 128 valence electrons. The van der Waals surface area contributed by atoms with E-state index in [0.717, 1.165) is 20.0 Å². The highest BCUT2D eigenvalue weighted by molar-refractivity contribution is 14.1. The normalized spacial score (nSPS) is 10.8. The van der Waals surface area contributed by atoms with Gasteiger partial charge in [-0.15, -0.1) is 0 Å². The number of benzene rings is 3. The Labute approximate surface area is 164 Å². The highest BCUT2D eigenvalue weighted by Crippen LogP contribution is 2.25. The Bertz CT molecular complexity index is 1070. The fourth-order valence-electron chi connectivity index (χ4n) is 2.64. The van der Waals surface area contributed by atoms with Gasteiger partial charge in [-0.3, -0.25) is 0 Å². The zero-order chi connectivity index (χ0) is 17.9. The molecule has 0 atom stereocenters. The maximum absolute atomic E-state index is 14.4. The smallest absolute Gasteiger partial charge is 0.165 e. The van der Waals surface area contributed by atoms with E-state index in [-0.39, 0.29) is 5.75 Å². The second kappa shape index (κ2) is 7.37. The summed E-state index contributed by atoms with van der Waals surface area (Å²) >= 11 is 2.25. The standard InChI is InChI=1S/C21H14FIN2O/c22-18-11-15(6-9-20(18)26-13-14-4-2-1-3-5-14)21-24-12-16-10-17(23)7-8-19(16)25-21/h1-12H,13H2. The van der Waals surface area contributed by atoms with Gasteiger partial charge in [0.15, 0.2) is 17.4 Å². The SMILES string of the molecule is Fc1cc(-c2ncc3cc(I)ccc3n2)ccc1OCc1ccccc1. The minimum atomic E-state index is -0.426. The molecule has 4 rings (SSSR count). The van der Waals surface area contributed by atoms with Crippen LogP contribution in [0.2, 0.25) is 0 Å². The Morgan fingerprint density at radius 3 is 2.62 bits per heavy atom. The van der Waals surface area contributed by atoms with Crippen LogP contribution < -0.4 is 4.74 Å². The molecule has 26 heavy (non-hydrogen) atoms. The third kappa shape index (κ3) is 3.67. The summed E-state index contributed by atoms with van der Waals surface area (Å²) in [6.07, 6.45) is 1.76. The Hall–Kier alpha value is -2.54. The summed E-state index contributed by atoms with van der Waals surface area (Å²) in [6, 6.07) is 20.4. The molecule has 3 aromatic carbocycles. The summed E-state index contributed by atoms with van der Waals surface area (Å²) in [5.74, 6) is 0.282. The first-order chi connectivity index (χ1) is 12.7. The van der Waals surface area contributed by atoms with Gasteiger partial charge in [0.2, 0.25) is 0 Å². The largest absolute Gasteiger partial charge is 0.486 e. The number of aromatic nitrogens is 2. The Balaban J connectivity index is 1.58. The molecule has 5 heteroatoms. The maximum atomic E-state index is 14.4. The lowest BCUT2D eigenvalue weighted by molar-refractivity contribution is 0.290. The first-order valence-electron chi connectivity index (χ1n) is 8.08. The predicted molar refractivity (Wildman–Crippen MR) is 108 cm³/mol. The van der Waals surface area contributed by atoms with Crippen LogP contribution in [-0.2, 0) is 6.61 Å². The first kappa shape index (κ1) is 16.9. The average Bonchev–Trinajstić information content (AvgIpc) is 2.67.